The van der Waals surface area contributed by atoms with Gasteiger partial charge in [-0.15, -0.1) is 10.2 Å². The van der Waals surface area contributed by atoms with Crippen molar-refractivity contribution in [3.05, 3.63) is 29.3 Å². The first-order valence-corrected chi connectivity index (χ1v) is 9.19. The summed E-state index contributed by atoms with van der Waals surface area (Å²) in [6.07, 6.45) is 3.84. The summed E-state index contributed by atoms with van der Waals surface area (Å²) in [5.74, 6) is 0.357. The Balaban J connectivity index is 1.70. The molecule has 2 aromatic rings. The molecule has 1 aromatic heterocycles. The van der Waals surface area contributed by atoms with Crippen LogP contribution in [0.25, 0.3) is 0 Å². The Bertz CT molecular complexity index is 664. The van der Waals surface area contributed by atoms with E-state index < -0.39 is 0 Å². The third-order valence-electron chi connectivity index (χ3n) is 3.86. The third kappa shape index (κ3) is 3.50. The van der Waals surface area contributed by atoms with Gasteiger partial charge in [-0.3, -0.25) is 4.79 Å². The molecular weight excluding hydrogens is 314 g/mol. The average Bonchev–Trinajstić information content (AvgIpc) is 2.93. The lowest BCUT2D eigenvalue weighted by molar-refractivity contribution is -0.119. The zero-order chi connectivity index (χ0) is 15.5. The molecule has 1 saturated carbocycles. The van der Waals surface area contributed by atoms with E-state index in [1.54, 1.807) is 11.8 Å². The number of carbonyl (C=O) groups is 1. The molecule has 0 radical (unpaired) electrons. The summed E-state index contributed by atoms with van der Waals surface area (Å²) in [7, 11) is 0. The van der Waals surface area contributed by atoms with Crippen LogP contribution in [0.2, 0.25) is 0 Å². The summed E-state index contributed by atoms with van der Waals surface area (Å²) in [6.45, 7) is 4.15. The molecule has 1 aliphatic rings. The molecule has 6 heteroatoms. The Hall–Kier alpha value is -1.40. The van der Waals surface area contributed by atoms with Crippen LogP contribution in [0.15, 0.2) is 22.5 Å². The van der Waals surface area contributed by atoms with Gasteiger partial charge in [0.15, 0.2) is 4.34 Å². The van der Waals surface area contributed by atoms with Crippen LogP contribution in [0.1, 0.15) is 36.8 Å². The van der Waals surface area contributed by atoms with Crippen molar-refractivity contribution in [1.82, 2.24) is 10.2 Å². The minimum atomic E-state index is 0.0646. The molecule has 4 nitrogen and oxygen atoms in total. The second-order valence-corrected chi connectivity index (χ2v) is 8.01. The number of nitrogens with zero attached hydrogens (tertiary/aromatic N) is 2. The Labute approximate surface area is 138 Å². The van der Waals surface area contributed by atoms with Crippen molar-refractivity contribution in [3.63, 3.8) is 0 Å². The van der Waals surface area contributed by atoms with Gasteiger partial charge in [0.25, 0.3) is 0 Å². The fourth-order valence-corrected chi connectivity index (χ4v) is 4.75. The molecule has 22 heavy (non-hydrogen) atoms. The number of carbonyl (C=O) groups excluding carboxylic acids is 1. The Morgan fingerprint density at radius 1 is 1.23 bits per heavy atom. The van der Waals surface area contributed by atoms with Gasteiger partial charge in [0, 0.05) is 12.1 Å². The van der Waals surface area contributed by atoms with E-state index in [1.165, 1.54) is 22.5 Å². The first-order valence-electron chi connectivity index (χ1n) is 7.49. The quantitative estimate of drug-likeness (QED) is 0.892. The molecule has 116 valence electrons. The molecule has 0 bridgehead atoms. The van der Waals surface area contributed by atoms with Crippen LogP contribution in [-0.4, -0.2) is 21.2 Å². The van der Waals surface area contributed by atoms with Gasteiger partial charge in [0.2, 0.25) is 5.13 Å². The number of Topliss-reactive ketones (excluding diaryl/α,β-unsaturated/α-hetero) is 1. The minimum absolute atomic E-state index is 0.0646. The highest BCUT2D eigenvalue weighted by molar-refractivity contribution is 8.02. The fraction of sp³-hybridized carbons (Fsp3) is 0.438. The van der Waals surface area contributed by atoms with Crippen LogP contribution < -0.4 is 5.32 Å². The molecule has 1 atom stereocenters. The van der Waals surface area contributed by atoms with Gasteiger partial charge >= 0.3 is 0 Å². The van der Waals surface area contributed by atoms with Gasteiger partial charge in [-0.25, -0.2) is 0 Å². The maximum atomic E-state index is 11.9. The Kier molecular flexibility index (Phi) is 4.78. The van der Waals surface area contributed by atoms with Crippen LogP contribution >= 0.6 is 23.1 Å². The van der Waals surface area contributed by atoms with Gasteiger partial charge in [0.05, 0.1) is 5.25 Å². The summed E-state index contributed by atoms with van der Waals surface area (Å²) in [5, 5.41) is 12.6. The Morgan fingerprint density at radius 2 is 2.00 bits per heavy atom. The van der Waals surface area contributed by atoms with E-state index in [0.717, 1.165) is 34.4 Å². The van der Waals surface area contributed by atoms with E-state index in [-0.39, 0.29) is 5.25 Å². The Morgan fingerprint density at radius 3 is 2.73 bits per heavy atom. The predicted molar refractivity (Wildman–Crippen MR) is 92.2 cm³/mol. The van der Waals surface area contributed by atoms with Crippen LogP contribution in [0.3, 0.4) is 0 Å². The van der Waals surface area contributed by atoms with Crippen molar-refractivity contribution in [2.45, 2.75) is 49.1 Å². The van der Waals surface area contributed by atoms with Crippen molar-refractivity contribution in [2.75, 3.05) is 5.32 Å². The zero-order valence-corrected chi connectivity index (χ0v) is 14.4. The molecule has 1 fully saturated rings. The van der Waals surface area contributed by atoms with E-state index in [9.17, 15) is 4.79 Å². The fourth-order valence-electron chi connectivity index (χ4n) is 2.62. The SMILES string of the molecule is Cc1cccc(C)c1Nc1nnc(S[C@H]2CCCCC2=O)s1. The number of aromatic nitrogens is 2. The normalized spacial score (nSPS) is 18.5. The second-order valence-electron chi connectivity index (χ2n) is 5.58. The summed E-state index contributed by atoms with van der Waals surface area (Å²) in [4.78, 5) is 11.9. The van der Waals surface area contributed by atoms with E-state index in [0.29, 0.717) is 12.2 Å². The zero-order valence-electron chi connectivity index (χ0n) is 12.8. The van der Waals surface area contributed by atoms with Crippen LogP contribution in [0.4, 0.5) is 10.8 Å². The van der Waals surface area contributed by atoms with Crippen LogP contribution in [0.5, 0.6) is 0 Å². The third-order valence-corrected chi connectivity index (χ3v) is 6.10. The van der Waals surface area contributed by atoms with E-state index in [1.807, 2.05) is 6.07 Å². The van der Waals surface area contributed by atoms with Crippen molar-refractivity contribution in [3.8, 4) is 0 Å². The largest absolute Gasteiger partial charge is 0.330 e. The first-order chi connectivity index (χ1) is 10.6. The standard InChI is InChI=1S/C16H19N3OS2/c1-10-6-5-7-11(2)14(10)17-15-18-19-16(22-15)21-13-9-4-3-8-12(13)20/h5-7,13H,3-4,8-9H2,1-2H3,(H,17,18)/t13-/m0/s1. The molecule has 1 heterocycles. The van der Waals surface area contributed by atoms with E-state index in [2.05, 4.69) is 41.5 Å². The van der Waals surface area contributed by atoms with E-state index >= 15 is 0 Å². The molecule has 0 spiro atoms. The summed E-state index contributed by atoms with van der Waals surface area (Å²) in [5.41, 5.74) is 3.46. The van der Waals surface area contributed by atoms with Crippen molar-refractivity contribution in [2.24, 2.45) is 0 Å². The molecular formula is C16H19N3OS2. The molecule has 0 amide bonds. The maximum Gasteiger partial charge on any atom is 0.210 e. The predicted octanol–water partition coefficient (Wildman–Crippen LogP) is 4.50. The number of thioether (sulfide) groups is 1. The molecule has 0 saturated heterocycles. The topological polar surface area (TPSA) is 54.9 Å². The molecule has 0 aliphatic heterocycles. The number of benzene rings is 1. The lowest BCUT2D eigenvalue weighted by Crippen LogP contribution is -2.21. The van der Waals surface area contributed by atoms with Crippen LogP contribution in [0, 0.1) is 13.8 Å². The smallest absolute Gasteiger partial charge is 0.210 e. The van der Waals surface area contributed by atoms with Gasteiger partial charge in [-0.1, -0.05) is 47.7 Å². The molecule has 3 rings (SSSR count). The highest BCUT2D eigenvalue weighted by Gasteiger charge is 2.24. The second kappa shape index (κ2) is 6.79. The summed E-state index contributed by atoms with van der Waals surface area (Å²) >= 11 is 3.09. The lowest BCUT2D eigenvalue weighted by atomic mass is 9.99. The molecule has 1 N–H and O–H groups in total. The highest BCUT2D eigenvalue weighted by Crippen LogP contribution is 2.35. The van der Waals surface area contributed by atoms with Crippen molar-refractivity contribution >= 4 is 39.7 Å². The van der Waals surface area contributed by atoms with Crippen molar-refractivity contribution < 1.29 is 4.79 Å². The summed E-state index contributed by atoms with van der Waals surface area (Å²) in [6, 6.07) is 6.20. The number of rotatable bonds is 4. The number of para-hydroxylation sites is 1. The monoisotopic (exact) mass is 333 g/mol. The summed E-state index contributed by atoms with van der Waals surface area (Å²) < 4.78 is 0.869. The van der Waals surface area contributed by atoms with Gasteiger partial charge in [-0.05, 0) is 37.8 Å². The number of aryl methyl sites for hydroxylation is 2. The van der Waals surface area contributed by atoms with Crippen LogP contribution in [-0.2, 0) is 4.79 Å². The minimum Gasteiger partial charge on any atom is -0.330 e. The first kappa shape index (κ1) is 15.5. The molecule has 1 aromatic carbocycles. The molecule has 1 aliphatic carbocycles. The highest BCUT2D eigenvalue weighted by atomic mass is 32.2. The lowest BCUT2D eigenvalue weighted by Gasteiger charge is -2.18. The number of anilines is 2. The number of nitrogens with one attached hydrogen (secondary N) is 1. The van der Waals surface area contributed by atoms with Gasteiger partial charge < -0.3 is 5.32 Å². The molecule has 0 unspecified atom stereocenters. The average molecular weight is 333 g/mol. The number of ketones is 1. The number of hydrogen-bond acceptors (Lipinski definition) is 6. The van der Waals surface area contributed by atoms with Gasteiger partial charge in [-0.2, -0.15) is 0 Å². The van der Waals surface area contributed by atoms with E-state index in [4.69, 9.17) is 0 Å². The van der Waals surface area contributed by atoms with Gasteiger partial charge in [0.1, 0.15) is 5.78 Å². The number of hydrogen-bond donors (Lipinski definition) is 1. The maximum absolute atomic E-state index is 11.9. The van der Waals surface area contributed by atoms with Crippen molar-refractivity contribution in [1.29, 1.82) is 0 Å².